The van der Waals surface area contributed by atoms with Crippen molar-refractivity contribution in [3.63, 3.8) is 0 Å². The molecule has 3 N–H and O–H groups in total. The molecule has 0 radical (unpaired) electrons. The van der Waals surface area contributed by atoms with Crippen LogP contribution in [-0.4, -0.2) is 11.7 Å². The highest BCUT2D eigenvalue weighted by atomic mass is 32.1. The van der Waals surface area contributed by atoms with E-state index in [1.54, 1.807) is 6.08 Å². The lowest BCUT2D eigenvalue weighted by atomic mass is 10.3. The summed E-state index contributed by atoms with van der Waals surface area (Å²) in [5, 5.41) is 3.49. The third kappa shape index (κ3) is 3.91. The van der Waals surface area contributed by atoms with Gasteiger partial charge in [-0.05, 0) is 24.4 Å². The van der Waals surface area contributed by atoms with Gasteiger partial charge in [0, 0.05) is 6.54 Å². The zero-order valence-corrected chi connectivity index (χ0v) is 8.60. The molecule has 1 aromatic rings. The molecular formula is C10H13N3S. The van der Waals surface area contributed by atoms with Gasteiger partial charge in [0.15, 0.2) is 5.11 Å². The van der Waals surface area contributed by atoms with E-state index in [0.717, 1.165) is 5.69 Å². The molecule has 0 aromatic heterocycles. The Labute approximate surface area is 89.2 Å². The van der Waals surface area contributed by atoms with Crippen molar-refractivity contribution in [2.75, 3.05) is 12.0 Å². The topological polar surface area (TPSA) is 36.1 Å². The number of hydrazine groups is 1. The second kappa shape index (κ2) is 5.99. The average molecular weight is 207 g/mol. The lowest BCUT2D eigenvalue weighted by Gasteiger charge is -2.10. The predicted octanol–water partition coefficient (Wildman–Crippen LogP) is 1.66. The van der Waals surface area contributed by atoms with E-state index in [2.05, 4.69) is 22.7 Å². The summed E-state index contributed by atoms with van der Waals surface area (Å²) in [6.07, 6.45) is 1.75. The Morgan fingerprint density at radius 2 is 2.07 bits per heavy atom. The van der Waals surface area contributed by atoms with E-state index in [1.165, 1.54) is 0 Å². The van der Waals surface area contributed by atoms with Crippen LogP contribution in [0.1, 0.15) is 0 Å². The number of rotatable bonds is 4. The third-order valence-corrected chi connectivity index (χ3v) is 1.75. The summed E-state index contributed by atoms with van der Waals surface area (Å²) in [6.45, 7) is 4.24. The quantitative estimate of drug-likeness (QED) is 0.399. The molecule has 74 valence electrons. The number of hydrogen-bond donors (Lipinski definition) is 3. The molecule has 0 aliphatic heterocycles. The van der Waals surface area contributed by atoms with Gasteiger partial charge >= 0.3 is 0 Å². The minimum absolute atomic E-state index is 0.550. The number of hydrogen-bond acceptors (Lipinski definition) is 2. The predicted molar refractivity (Wildman–Crippen MR) is 64.0 cm³/mol. The van der Waals surface area contributed by atoms with Crippen molar-refractivity contribution in [1.29, 1.82) is 0 Å². The molecule has 0 atom stereocenters. The molecule has 4 heteroatoms. The fraction of sp³-hybridized carbons (Fsp3) is 0.100. The molecule has 0 aliphatic rings. The van der Waals surface area contributed by atoms with Gasteiger partial charge in [-0.25, -0.2) is 0 Å². The van der Waals surface area contributed by atoms with Crippen molar-refractivity contribution < 1.29 is 0 Å². The number of anilines is 1. The van der Waals surface area contributed by atoms with E-state index >= 15 is 0 Å². The summed E-state index contributed by atoms with van der Waals surface area (Å²) >= 11 is 4.99. The maximum atomic E-state index is 4.99. The molecule has 0 saturated carbocycles. The smallest absolute Gasteiger partial charge is 0.185 e. The molecule has 0 unspecified atom stereocenters. The second-order valence-corrected chi connectivity index (χ2v) is 3.02. The first-order valence-electron chi connectivity index (χ1n) is 4.28. The van der Waals surface area contributed by atoms with E-state index < -0.39 is 0 Å². The lowest BCUT2D eigenvalue weighted by Crippen LogP contribution is -2.38. The minimum atomic E-state index is 0.550. The van der Waals surface area contributed by atoms with Crippen LogP contribution in [0.3, 0.4) is 0 Å². The van der Waals surface area contributed by atoms with Crippen molar-refractivity contribution in [3.05, 3.63) is 43.0 Å². The minimum Gasteiger partial charge on any atom is -0.358 e. The monoisotopic (exact) mass is 207 g/mol. The number of thiocarbonyl (C=S) groups is 1. The van der Waals surface area contributed by atoms with Crippen LogP contribution < -0.4 is 16.2 Å². The van der Waals surface area contributed by atoms with Crippen LogP contribution >= 0.6 is 12.2 Å². The Morgan fingerprint density at radius 1 is 1.36 bits per heavy atom. The zero-order chi connectivity index (χ0) is 10.2. The maximum absolute atomic E-state index is 4.99. The van der Waals surface area contributed by atoms with Gasteiger partial charge in [0.25, 0.3) is 0 Å². The highest BCUT2D eigenvalue weighted by Crippen LogP contribution is 2.01. The van der Waals surface area contributed by atoms with Crippen molar-refractivity contribution in [2.24, 2.45) is 0 Å². The Morgan fingerprint density at radius 3 is 2.71 bits per heavy atom. The molecule has 14 heavy (non-hydrogen) atoms. The summed E-state index contributed by atoms with van der Waals surface area (Å²) in [5.74, 6) is 0. The van der Waals surface area contributed by atoms with Crippen LogP contribution in [0.2, 0.25) is 0 Å². The van der Waals surface area contributed by atoms with Crippen molar-refractivity contribution in [2.45, 2.75) is 0 Å². The molecule has 1 aromatic carbocycles. The van der Waals surface area contributed by atoms with Gasteiger partial charge in [0.2, 0.25) is 0 Å². The third-order valence-electron chi connectivity index (χ3n) is 1.50. The molecule has 0 spiro atoms. The first kappa shape index (κ1) is 10.5. The van der Waals surface area contributed by atoms with Crippen molar-refractivity contribution in [3.8, 4) is 0 Å². The average Bonchev–Trinajstić information content (AvgIpc) is 2.25. The van der Waals surface area contributed by atoms with Gasteiger partial charge in [-0.1, -0.05) is 24.3 Å². The number of nitrogens with one attached hydrogen (secondary N) is 3. The Bertz CT molecular complexity index is 297. The van der Waals surface area contributed by atoms with E-state index in [9.17, 15) is 0 Å². The van der Waals surface area contributed by atoms with Crippen LogP contribution in [0, 0.1) is 0 Å². The molecule has 0 bridgehead atoms. The van der Waals surface area contributed by atoms with Crippen molar-refractivity contribution in [1.82, 2.24) is 10.7 Å². The zero-order valence-electron chi connectivity index (χ0n) is 7.79. The summed E-state index contributed by atoms with van der Waals surface area (Å²) < 4.78 is 0. The highest BCUT2D eigenvalue weighted by Gasteiger charge is 1.91. The molecule has 0 heterocycles. The van der Waals surface area contributed by atoms with E-state index in [4.69, 9.17) is 12.2 Å². The summed E-state index contributed by atoms with van der Waals surface area (Å²) in [4.78, 5) is 0. The lowest BCUT2D eigenvalue weighted by molar-refractivity contribution is 0.979. The Balaban J connectivity index is 2.27. The van der Waals surface area contributed by atoms with Crippen LogP contribution in [0.15, 0.2) is 43.0 Å². The summed E-state index contributed by atoms with van der Waals surface area (Å²) in [7, 11) is 0. The fourth-order valence-corrected chi connectivity index (χ4v) is 0.994. The van der Waals surface area contributed by atoms with Gasteiger partial charge < -0.3 is 5.32 Å². The standard InChI is InChI=1S/C10H13N3S/c1-2-8-11-10(14)13-12-9-6-4-3-5-7-9/h2-7,12H,1,8H2,(H2,11,13,14). The molecular weight excluding hydrogens is 194 g/mol. The van der Waals surface area contributed by atoms with E-state index in [1.807, 2.05) is 30.3 Å². The van der Waals surface area contributed by atoms with Crippen LogP contribution in [0.4, 0.5) is 5.69 Å². The van der Waals surface area contributed by atoms with Gasteiger partial charge in [-0.3, -0.25) is 10.9 Å². The van der Waals surface area contributed by atoms with Gasteiger partial charge in [0.1, 0.15) is 0 Å². The number of benzene rings is 1. The molecule has 1 rings (SSSR count). The molecule has 0 fully saturated rings. The van der Waals surface area contributed by atoms with Gasteiger partial charge in [0.05, 0.1) is 5.69 Å². The molecule has 0 saturated heterocycles. The first-order chi connectivity index (χ1) is 6.83. The van der Waals surface area contributed by atoms with Crippen LogP contribution in [-0.2, 0) is 0 Å². The second-order valence-electron chi connectivity index (χ2n) is 2.61. The van der Waals surface area contributed by atoms with Crippen molar-refractivity contribution >= 4 is 23.0 Å². The Hall–Kier alpha value is -1.55. The number of para-hydroxylation sites is 1. The van der Waals surface area contributed by atoms with E-state index in [-0.39, 0.29) is 0 Å². The van der Waals surface area contributed by atoms with E-state index in [0.29, 0.717) is 11.7 Å². The maximum Gasteiger partial charge on any atom is 0.185 e. The Kier molecular flexibility index (Phi) is 4.50. The normalized spacial score (nSPS) is 8.86. The van der Waals surface area contributed by atoms with Gasteiger partial charge in [-0.15, -0.1) is 6.58 Å². The molecule has 0 aliphatic carbocycles. The van der Waals surface area contributed by atoms with Gasteiger partial charge in [-0.2, -0.15) is 0 Å². The molecule has 0 amide bonds. The highest BCUT2D eigenvalue weighted by molar-refractivity contribution is 7.80. The SMILES string of the molecule is C=CCNC(=S)NNc1ccccc1. The van der Waals surface area contributed by atoms with Crippen LogP contribution in [0.25, 0.3) is 0 Å². The van der Waals surface area contributed by atoms with Crippen LogP contribution in [0.5, 0.6) is 0 Å². The summed E-state index contributed by atoms with van der Waals surface area (Å²) in [5.41, 5.74) is 6.79. The largest absolute Gasteiger partial charge is 0.358 e. The first-order valence-corrected chi connectivity index (χ1v) is 4.69. The fourth-order valence-electron chi connectivity index (χ4n) is 0.859. The molecule has 3 nitrogen and oxygen atoms in total. The summed E-state index contributed by atoms with van der Waals surface area (Å²) in [6, 6.07) is 9.75.